The predicted octanol–water partition coefficient (Wildman–Crippen LogP) is 3.61. The summed E-state index contributed by atoms with van der Waals surface area (Å²) in [6.07, 6.45) is 1.45. The first kappa shape index (κ1) is 18.8. The summed E-state index contributed by atoms with van der Waals surface area (Å²) >= 11 is 0. The van der Waals surface area contributed by atoms with Crippen molar-refractivity contribution in [2.75, 3.05) is 18.9 Å². The van der Waals surface area contributed by atoms with Crippen LogP contribution in [0.1, 0.15) is 11.1 Å². The Balaban J connectivity index is 1.87. The summed E-state index contributed by atoms with van der Waals surface area (Å²) in [6.45, 7) is 1.91. The molecule has 8 heteroatoms. The van der Waals surface area contributed by atoms with Crippen LogP contribution >= 0.6 is 0 Å². The highest BCUT2D eigenvalue weighted by molar-refractivity contribution is 7.91. The van der Waals surface area contributed by atoms with E-state index in [1.165, 1.54) is 13.3 Å². The fourth-order valence-electron chi connectivity index (χ4n) is 2.72. The second-order valence-corrected chi connectivity index (χ2v) is 7.71. The smallest absolute Gasteiger partial charge is 0.245 e. The van der Waals surface area contributed by atoms with Crippen molar-refractivity contribution < 1.29 is 22.4 Å². The molecule has 0 saturated heterocycles. The highest BCUT2D eigenvalue weighted by atomic mass is 32.2. The molecule has 0 aliphatic heterocycles. The van der Waals surface area contributed by atoms with Crippen LogP contribution in [0, 0.1) is 6.92 Å². The Bertz CT molecular complexity index is 1040. The van der Waals surface area contributed by atoms with E-state index in [0.29, 0.717) is 28.2 Å². The largest absolute Gasteiger partial charge is 0.493 e. The first-order valence-electron chi connectivity index (χ1n) is 8.15. The Morgan fingerprint density at radius 3 is 2.56 bits per heavy atom. The third-order valence-electron chi connectivity index (χ3n) is 3.95. The van der Waals surface area contributed by atoms with Gasteiger partial charge in [0.05, 0.1) is 31.7 Å². The molecule has 0 bridgehead atoms. The fourth-order valence-corrected chi connectivity index (χ4v) is 3.84. The number of methoxy groups -OCH3 is 2. The molecule has 0 aliphatic carbocycles. The molecule has 0 unspecified atom stereocenters. The Labute approximate surface area is 158 Å². The molecule has 0 fully saturated rings. The van der Waals surface area contributed by atoms with Gasteiger partial charge in [-0.15, -0.1) is 0 Å². The van der Waals surface area contributed by atoms with Crippen LogP contribution < -0.4 is 14.2 Å². The monoisotopic (exact) mass is 388 g/mol. The molecule has 3 rings (SSSR count). The summed E-state index contributed by atoms with van der Waals surface area (Å²) in [5.74, 6) is 0.972. The van der Waals surface area contributed by atoms with E-state index in [2.05, 4.69) is 9.88 Å². The number of benzene rings is 2. The van der Waals surface area contributed by atoms with Crippen LogP contribution in [0.5, 0.6) is 11.5 Å². The lowest BCUT2D eigenvalue weighted by molar-refractivity contribution is 0.355. The van der Waals surface area contributed by atoms with Crippen molar-refractivity contribution in [1.82, 2.24) is 5.16 Å². The Morgan fingerprint density at radius 1 is 1.07 bits per heavy atom. The maximum absolute atomic E-state index is 12.5. The van der Waals surface area contributed by atoms with Crippen molar-refractivity contribution in [3.8, 4) is 22.6 Å². The molecule has 1 N–H and O–H groups in total. The summed E-state index contributed by atoms with van der Waals surface area (Å²) in [4.78, 5) is 0. The summed E-state index contributed by atoms with van der Waals surface area (Å²) in [6, 6.07) is 12.6. The van der Waals surface area contributed by atoms with E-state index in [4.69, 9.17) is 14.0 Å². The Kier molecular flexibility index (Phi) is 5.36. The van der Waals surface area contributed by atoms with Crippen LogP contribution in [0.2, 0.25) is 0 Å². The van der Waals surface area contributed by atoms with Crippen LogP contribution in [0.15, 0.2) is 53.2 Å². The Morgan fingerprint density at radius 2 is 1.85 bits per heavy atom. The molecule has 1 aromatic heterocycles. The van der Waals surface area contributed by atoms with Gasteiger partial charge in [0.1, 0.15) is 0 Å². The van der Waals surface area contributed by atoms with E-state index < -0.39 is 10.0 Å². The number of aromatic nitrogens is 1. The van der Waals surface area contributed by atoms with E-state index in [0.717, 1.165) is 5.56 Å². The number of anilines is 1. The van der Waals surface area contributed by atoms with E-state index >= 15 is 0 Å². The van der Waals surface area contributed by atoms with Gasteiger partial charge < -0.3 is 14.0 Å². The minimum absolute atomic E-state index is 0.0508. The molecule has 7 nitrogen and oxygen atoms in total. The summed E-state index contributed by atoms with van der Waals surface area (Å²) in [5.41, 5.74) is 2.87. The zero-order valence-electron chi connectivity index (χ0n) is 15.2. The van der Waals surface area contributed by atoms with Crippen molar-refractivity contribution in [1.29, 1.82) is 0 Å². The summed E-state index contributed by atoms with van der Waals surface area (Å²) in [7, 11) is -0.601. The lowest BCUT2D eigenvalue weighted by Gasteiger charge is -2.10. The van der Waals surface area contributed by atoms with E-state index in [9.17, 15) is 8.42 Å². The van der Waals surface area contributed by atoms with Gasteiger partial charge in [-0.2, -0.15) is 0 Å². The number of aryl methyl sites for hydroxylation is 1. The van der Waals surface area contributed by atoms with Crippen molar-refractivity contribution in [2.24, 2.45) is 0 Å². The average Bonchev–Trinajstić information content (AvgIpc) is 3.07. The summed E-state index contributed by atoms with van der Waals surface area (Å²) < 4.78 is 43.2. The number of rotatable bonds is 7. The Hall–Kier alpha value is -3.00. The van der Waals surface area contributed by atoms with Gasteiger partial charge in [0.25, 0.3) is 0 Å². The first-order chi connectivity index (χ1) is 12.9. The minimum atomic E-state index is -3.67. The molecule has 3 aromatic rings. The number of nitrogens with zero attached hydrogens (tertiary/aromatic N) is 1. The zero-order chi connectivity index (χ0) is 19.4. The fraction of sp³-hybridized carbons (Fsp3) is 0.211. The standard InChI is InChI=1S/C19H20N2O5S/c1-13-5-4-6-14(9-13)12-27(22,23)21-19-16(11-20-26-19)15-7-8-17(24-2)18(10-15)25-3/h4-11,21H,12H2,1-3H3. The number of nitrogens with one attached hydrogen (secondary N) is 1. The van der Waals surface area contributed by atoms with Crippen molar-refractivity contribution >= 4 is 15.9 Å². The van der Waals surface area contributed by atoms with E-state index in [1.54, 1.807) is 31.4 Å². The van der Waals surface area contributed by atoms with Crippen LogP contribution in [-0.4, -0.2) is 27.8 Å². The van der Waals surface area contributed by atoms with Crippen LogP contribution in [0.25, 0.3) is 11.1 Å². The topological polar surface area (TPSA) is 90.7 Å². The lowest BCUT2D eigenvalue weighted by Crippen LogP contribution is -2.15. The molecule has 0 radical (unpaired) electrons. The number of ether oxygens (including phenoxy) is 2. The van der Waals surface area contributed by atoms with Crippen molar-refractivity contribution in [2.45, 2.75) is 12.7 Å². The normalized spacial score (nSPS) is 11.2. The molecule has 142 valence electrons. The third-order valence-corrected chi connectivity index (χ3v) is 5.16. The molecule has 0 amide bonds. The van der Waals surface area contributed by atoms with Crippen molar-refractivity contribution in [3.63, 3.8) is 0 Å². The van der Waals surface area contributed by atoms with Gasteiger partial charge in [-0.25, -0.2) is 8.42 Å². The second kappa shape index (κ2) is 7.71. The maximum Gasteiger partial charge on any atom is 0.245 e. The number of hydrogen-bond donors (Lipinski definition) is 1. The van der Waals surface area contributed by atoms with Gasteiger partial charge >= 0.3 is 0 Å². The molecule has 0 spiro atoms. The van der Waals surface area contributed by atoms with Gasteiger partial charge in [0, 0.05) is 0 Å². The van der Waals surface area contributed by atoms with Gasteiger partial charge in [-0.3, -0.25) is 4.72 Å². The molecular weight excluding hydrogens is 368 g/mol. The molecule has 2 aromatic carbocycles. The SMILES string of the molecule is COc1ccc(-c2cnoc2NS(=O)(=O)Cc2cccc(C)c2)cc1OC. The molecule has 0 saturated carbocycles. The molecule has 27 heavy (non-hydrogen) atoms. The molecule has 0 atom stereocenters. The van der Waals surface area contributed by atoms with Crippen LogP contribution in [-0.2, 0) is 15.8 Å². The van der Waals surface area contributed by atoms with E-state index in [1.807, 2.05) is 25.1 Å². The van der Waals surface area contributed by atoms with Crippen molar-refractivity contribution in [3.05, 3.63) is 59.8 Å². The van der Waals surface area contributed by atoms with Gasteiger partial charge in [0.15, 0.2) is 11.5 Å². The number of sulfonamides is 1. The maximum atomic E-state index is 12.5. The first-order valence-corrected chi connectivity index (χ1v) is 9.80. The summed E-state index contributed by atoms with van der Waals surface area (Å²) in [5, 5.41) is 3.73. The molecule has 1 heterocycles. The quantitative estimate of drug-likeness (QED) is 0.665. The van der Waals surface area contributed by atoms with Crippen LogP contribution in [0.4, 0.5) is 5.88 Å². The third kappa shape index (κ3) is 4.40. The lowest BCUT2D eigenvalue weighted by atomic mass is 10.1. The molecular formula is C19H20N2O5S. The highest BCUT2D eigenvalue weighted by Gasteiger charge is 2.19. The minimum Gasteiger partial charge on any atom is -0.493 e. The second-order valence-electron chi connectivity index (χ2n) is 5.99. The predicted molar refractivity (Wildman–Crippen MR) is 102 cm³/mol. The van der Waals surface area contributed by atoms with Gasteiger partial charge in [-0.1, -0.05) is 41.1 Å². The van der Waals surface area contributed by atoms with Gasteiger partial charge in [0.2, 0.25) is 15.9 Å². The average molecular weight is 388 g/mol. The molecule has 0 aliphatic rings. The zero-order valence-corrected chi connectivity index (χ0v) is 16.0. The van der Waals surface area contributed by atoms with E-state index in [-0.39, 0.29) is 11.6 Å². The van der Waals surface area contributed by atoms with Gasteiger partial charge in [-0.05, 0) is 30.2 Å². The van der Waals surface area contributed by atoms with Crippen LogP contribution in [0.3, 0.4) is 0 Å². The highest BCUT2D eigenvalue weighted by Crippen LogP contribution is 2.35. The number of hydrogen-bond acceptors (Lipinski definition) is 6.